The number of hydrogen-bond donors (Lipinski definition) is 3. The Morgan fingerprint density at radius 3 is 2.77 bits per heavy atom. The molecule has 0 bridgehead atoms. The average Bonchev–Trinajstić information content (AvgIpc) is 3.17. The normalized spacial score (nSPS) is 14.5. The monoisotopic (exact) mass is 349 g/mol. The highest BCUT2D eigenvalue weighted by atomic mass is 16.1. The lowest BCUT2D eigenvalue weighted by molar-refractivity contribution is 0.0954. The third-order valence-corrected chi connectivity index (χ3v) is 4.78. The number of H-pyrrole nitrogens is 1. The highest BCUT2D eigenvalue weighted by molar-refractivity contribution is 5.96. The molecule has 1 aliphatic heterocycles. The number of benzene rings is 1. The van der Waals surface area contributed by atoms with Crippen molar-refractivity contribution in [3.63, 3.8) is 0 Å². The summed E-state index contributed by atoms with van der Waals surface area (Å²) >= 11 is 0. The minimum absolute atomic E-state index is 0.0852. The van der Waals surface area contributed by atoms with Gasteiger partial charge < -0.3 is 20.5 Å². The van der Waals surface area contributed by atoms with Crippen molar-refractivity contribution in [2.45, 2.75) is 6.42 Å². The van der Waals surface area contributed by atoms with E-state index in [1.54, 1.807) is 6.20 Å². The van der Waals surface area contributed by atoms with E-state index in [4.69, 9.17) is 0 Å². The lowest BCUT2D eigenvalue weighted by Gasteiger charge is -2.29. The number of carbonyl (C=O) groups excluding carboxylic acids is 1. The number of anilines is 1. The van der Waals surface area contributed by atoms with E-state index in [0.29, 0.717) is 12.1 Å². The van der Waals surface area contributed by atoms with E-state index in [2.05, 4.69) is 49.8 Å². The molecule has 3 aromatic rings. The fourth-order valence-electron chi connectivity index (χ4n) is 3.28. The van der Waals surface area contributed by atoms with Crippen molar-refractivity contribution >= 4 is 22.6 Å². The summed E-state index contributed by atoms with van der Waals surface area (Å²) in [4.78, 5) is 22.0. The maximum absolute atomic E-state index is 12.3. The van der Waals surface area contributed by atoms with Crippen molar-refractivity contribution in [2.24, 2.45) is 0 Å². The van der Waals surface area contributed by atoms with E-state index in [1.807, 2.05) is 18.3 Å². The molecule has 6 heteroatoms. The van der Waals surface area contributed by atoms with Crippen LogP contribution in [0.4, 0.5) is 5.69 Å². The predicted octanol–water partition coefficient (Wildman–Crippen LogP) is 1.94. The SMILES string of the molecule is O=C(NCCc1ccc(N2CCNCC2)cc1)c1cnc2[nH]ccc2c1. The molecule has 4 rings (SSSR count). The summed E-state index contributed by atoms with van der Waals surface area (Å²) in [6, 6.07) is 12.4. The van der Waals surface area contributed by atoms with Gasteiger partial charge in [-0.25, -0.2) is 4.98 Å². The van der Waals surface area contributed by atoms with Crippen molar-refractivity contribution in [1.29, 1.82) is 0 Å². The Hall–Kier alpha value is -2.86. The number of nitrogens with one attached hydrogen (secondary N) is 3. The number of piperazine rings is 1. The second-order valence-electron chi connectivity index (χ2n) is 6.55. The van der Waals surface area contributed by atoms with Crippen molar-refractivity contribution in [1.82, 2.24) is 20.6 Å². The van der Waals surface area contributed by atoms with Gasteiger partial charge in [0.05, 0.1) is 5.56 Å². The number of amides is 1. The van der Waals surface area contributed by atoms with Crippen LogP contribution in [0.1, 0.15) is 15.9 Å². The number of nitrogens with zero attached hydrogens (tertiary/aromatic N) is 2. The molecular formula is C20H23N5O. The molecule has 0 unspecified atom stereocenters. The predicted molar refractivity (Wildman–Crippen MR) is 104 cm³/mol. The van der Waals surface area contributed by atoms with Crippen LogP contribution in [0.3, 0.4) is 0 Å². The van der Waals surface area contributed by atoms with Crippen LogP contribution in [0, 0.1) is 0 Å². The quantitative estimate of drug-likeness (QED) is 0.658. The molecule has 6 nitrogen and oxygen atoms in total. The minimum atomic E-state index is -0.0852. The van der Waals surface area contributed by atoms with Gasteiger partial charge in [-0.3, -0.25) is 4.79 Å². The molecule has 26 heavy (non-hydrogen) atoms. The first-order valence-corrected chi connectivity index (χ1v) is 9.05. The Labute approximate surface area is 152 Å². The van der Waals surface area contributed by atoms with Gasteiger partial charge in [0.2, 0.25) is 0 Å². The van der Waals surface area contributed by atoms with Gasteiger partial charge in [0.25, 0.3) is 5.91 Å². The number of rotatable bonds is 5. The van der Waals surface area contributed by atoms with Gasteiger partial charge in [-0.15, -0.1) is 0 Å². The number of fused-ring (bicyclic) bond motifs is 1. The highest BCUT2D eigenvalue weighted by Gasteiger charge is 2.10. The first-order valence-electron chi connectivity index (χ1n) is 9.05. The summed E-state index contributed by atoms with van der Waals surface area (Å²) in [5.41, 5.74) is 3.88. The van der Waals surface area contributed by atoms with Gasteiger partial charge >= 0.3 is 0 Å². The Bertz CT molecular complexity index is 881. The molecule has 0 aliphatic carbocycles. The molecule has 134 valence electrons. The third-order valence-electron chi connectivity index (χ3n) is 4.78. The minimum Gasteiger partial charge on any atom is -0.369 e. The third kappa shape index (κ3) is 3.70. The summed E-state index contributed by atoms with van der Waals surface area (Å²) in [5, 5.41) is 7.29. The van der Waals surface area contributed by atoms with Crippen LogP contribution >= 0.6 is 0 Å². The van der Waals surface area contributed by atoms with Crippen LogP contribution in [0.2, 0.25) is 0 Å². The lowest BCUT2D eigenvalue weighted by atomic mass is 10.1. The Balaban J connectivity index is 1.30. The number of pyridine rings is 1. The number of aromatic amines is 1. The molecule has 1 aromatic carbocycles. The van der Waals surface area contributed by atoms with Crippen molar-refractivity contribution < 1.29 is 4.79 Å². The van der Waals surface area contributed by atoms with E-state index >= 15 is 0 Å². The summed E-state index contributed by atoms with van der Waals surface area (Å²) in [7, 11) is 0. The molecule has 3 heterocycles. The Morgan fingerprint density at radius 2 is 1.96 bits per heavy atom. The smallest absolute Gasteiger partial charge is 0.252 e. The first kappa shape index (κ1) is 16.6. The second kappa shape index (κ2) is 7.58. The lowest BCUT2D eigenvalue weighted by Crippen LogP contribution is -2.43. The fraction of sp³-hybridized carbons (Fsp3) is 0.300. The maximum Gasteiger partial charge on any atom is 0.252 e. The van der Waals surface area contributed by atoms with E-state index in [1.165, 1.54) is 11.3 Å². The number of aromatic nitrogens is 2. The molecule has 0 saturated carbocycles. The van der Waals surface area contributed by atoms with Gasteiger partial charge in [-0.2, -0.15) is 0 Å². The highest BCUT2D eigenvalue weighted by Crippen LogP contribution is 2.16. The molecule has 0 atom stereocenters. The van der Waals surface area contributed by atoms with Crippen LogP contribution in [-0.4, -0.2) is 48.6 Å². The van der Waals surface area contributed by atoms with Crippen molar-refractivity contribution in [3.05, 3.63) is 59.9 Å². The zero-order valence-corrected chi connectivity index (χ0v) is 14.7. The van der Waals surface area contributed by atoms with E-state index in [0.717, 1.165) is 43.6 Å². The first-order chi connectivity index (χ1) is 12.8. The molecule has 1 fully saturated rings. The van der Waals surface area contributed by atoms with E-state index < -0.39 is 0 Å². The average molecular weight is 349 g/mol. The van der Waals surface area contributed by atoms with E-state index in [9.17, 15) is 4.79 Å². The Morgan fingerprint density at radius 1 is 1.15 bits per heavy atom. The molecule has 0 radical (unpaired) electrons. The van der Waals surface area contributed by atoms with Crippen molar-refractivity contribution in [2.75, 3.05) is 37.6 Å². The Kier molecular flexibility index (Phi) is 4.84. The molecule has 2 aromatic heterocycles. The zero-order chi connectivity index (χ0) is 17.8. The molecular weight excluding hydrogens is 326 g/mol. The van der Waals surface area contributed by atoms with Crippen LogP contribution in [0.25, 0.3) is 11.0 Å². The van der Waals surface area contributed by atoms with Crippen molar-refractivity contribution in [3.8, 4) is 0 Å². The van der Waals surface area contributed by atoms with Crippen LogP contribution < -0.4 is 15.5 Å². The van der Waals surface area contributed by atoms with Gasteiger partial charge in [0.15, 0.2) is 0 Å². The second-order valence-corrected chi connectivity index (χ2v) is 6.55. The summed E-state index contributed by atoms with van der Waals surface area (Å²) < 4.78 is 0. The summed E-state index contributed by atoms with van der Waals surface area (Å²) in [6.45, 7) is 4.79. The van der Waals surface area contributed by atoms with E-state index in [-0.39, 0.29) is 5.91 Å². The van der Waals surface area contributed by atoms with Gasteiger partial charge in [0.1, 0.15) is 5.65 Å². The van der Waals surface area contributed by atoms with Gasteiger partial charge in [-0.1, -0.05) is 12.1 Å². The largest absolute Gasteiger partial charge is 0.369 e. The zero-order valence-electron chi connectivity index (χ0n) is 14.7. The summed E-state index contributed by atoms with van der Waals surface area (Å²) in [5.74, 6) is -0.0852. The fourth-order valence-corrected chi connectivity index (χ4v) is 3.28. The van der Waals surface area contributed by atoms with Gasteiger partial charge in [-0.05, 0) is 36.2 Å². The molecule has 1 saturated heterocycles. The summed E-state index contributed by atoms with van der Waals surface area (Å²) in [6.07, 6.45) is 4.24. The number of hydrogen-bond acceptors (Lipinski definition) is 4. The topological polar surface area (TPSA) is 73.1 Å². The molecule has 3 N–H and O–H groups in total. The van der Waals surface area contributed by atoms with Crippen LogP contribution in [0.5, 0.6) is 0 Å². The maximum atomic E-state index is 12.3. The molecule has 1 aliphatic rings. The van der Waals surface area contributed by atoms with Crippen LogP contribution in [0.15, 0.2) is 48.8 Å². The van der Waals surface area contributed by atoms with Crippen LogP contribution in [-0.2, 0) is 6.42 Å². The molecule has 0 spiro atoms. The standard InChI is InChI=1S/C20H23N5O/c26-20(17-13-16-6-8-22-19(16)24-14-17)23-7-5-15-1-3-18(4-2-15)25-11-9-21-10-12-25/h1-4,6,8,13-14,21H,5,7,9-12H2,(H,22,24)(H,23,26). The molecule has 1 amide bonds. The van der Waals surface area contributed by atoms with Gasteiger partial charge in [0, 0.05) is 56.2 Å². The number of carbonyl (C=O) groups is 1.